The van der Waals surface area contributed by atoms with E-state index < -0.39 is 22.2 Å². The fourth-order valence-corrected chi connectivity index (χ4v) is 3.39. The van der Waals surface area contributed by atoms with Gasteiger partial charge in [-0.2, -0.15) is 0 Å². The van der Waals surface area contributed by atoms with Gasteiger partial charge in [0.05, 0.1) is 6.61 Å². The second kappa shape index (κ2) is 8.33. The van der Waals surface area contributed by atoms with Crippen molar-refractivity contribution in [3.63, 3.8) is 0 Å². The quantitative estimate of drug-likeness (QED) is 0.335. The predicted octanol–water partition coefficient (Wildman–Crippen LogP) is 3.73. The smallest absolute Gasteiger partial charge is 0.383 e. The summed E-state index contributed by atoms with van der Waals surface area (Å²) in [5.74, 6) is -0.810. The summed E-state index contributed by atoms with van der Waals surface area (Å²) in [6.45, 7) is 1.75. The standard InChI is InChI=1S/C17H17NO4S/c1-2-22-17(19)15(18(20)21)16(13-9-5-3-6-10-13)23-14-11-7-4-8-12-14/h3-12,15-16H,2H2,1H3. The van der Waals surface area contributed by atoms with Crippen LogP contribution in [-0.2, 0) is 9.53 Å². The number of esters is 1. The first-order chi connectivity index (χ1) is 11.1. The van der Waals surface area contributed by atoms with E-state index in [2.05, 4.69) is 0 Å². The average Bonchev–Trinajstić information content (AvgIpc) is 2.56. The third-order valence-corrected chi connectivity index (χ3v) is 4.50. The molecule has 0 bridgehead atoms. The molecule has 6 heteroatoms. The van der Waals surface area contributed by atoms with E-state index in [1.807, 2.05) is 36.4 Å². The molecule has 0 saturated heterocycles. The molecule has 0 aliphatic heterocycles. The predicted molar refractivity (Wildman–Crippen MR) is 88.9 cm³/mol. The molecule has 2 rings (SSSR count). The van der Waals surface area contributed by atoms with Gasteiger partial charge in [-0.05, 0) is 24.6 Å². The van der Waals surface area contributed by atoms with Crippen LogP contribution in [0.1, 0.15) is 17.7 Å². The molecule has 0 heterocycles. The molecule has 0 aromatic heterocycles. The number of nitrogens with zero attached hydrogens (tertiary/aromatic N) is 1. The normalized spacial score (nSPS) is 13.1. The molecule has 2 aromatic rings. The van der Waals surface area contributed by atoms with Crippen LogP contribution in [0.4, 0.5) is 0 Å². The Morgan fingerprint density at radius 1 is 1.13 bits per heavy atom. The van der Waals surface area contributed by atoms with Gasteiger partial charge in [0.1, 0.15) is 5.25 Å². The molecular formula is C17H17NO4S. The molecule has 0 spiro atoms. The Balaban J connectivity index is 2.38. The monoisotopic (exact) mass is 331 g/mol. The first-order valence-corrected chi connectivity index (χ1v) is 8.08. The number of nitro groups is 1. The SMILES string of the molecule is CCOC(=O)C(C(Sc1ccccc1)c1ccccc1)[N+](=O)[O-]. The van der Waals surface area contributed by atoms with Crippen molar-refractivity contribution in [3.05, 3.63) is 76.3 Å². The molecule has 2 atom stereocenters. The van der Waals surface area contributed by atoms with E-state index >= 15 is 0 Å². The van der Waals surface area contributed by atoms with Crippen LogP contribution in [0.25, 0.3) is 0 Å². The summed E-state index contributed by atoms with van der Waals surface area (Å²) < 4.78 is 4.91. The van der Waals surface area contributed by atoms with Crippen molar-refractivity contribution in [2.75, 3.05) is 6.61 Å². The summed E-state index contributed by atoms with van der Waals surface area (Å²) in [4.78, 5) is 23.9. The highest BCUT2D eigenvalue weighted by Gasteiger charge is 2.41. The van der Waals surface area contributed by atoms with Gasteiger partial charge in [0.15, 0.2) is 0 Å². The number of carbonyl (C=O) groups is 1. The van der Waals surface area contributed by atoms with E-state index in [-0.39, 0.29) is 6.61 Å². The molecule has 0 amide bonds. The Labute approximate surface area is 138 Å². The lowest BCUT2D eigenvalue weighted by Crippen LogP contribution is -2.36. The minimum Gasteiger partial charge on any atom is -0.461 e. The lowest BCUT2D eigenvalue weighted by Gasteiger charge is -2.19. The number of carbonyl (C=O) groups excluding carboxylic acids is 1. The Morgan fingerprint density at radius 3 is 2.22 bits per heavy atom. The van der Waals surface area contributed by atoms with Crippen LogP contribution in [0.2, 0.25) is 0 Å². The number of benzene rings is 2. The van der Waals surface area contributed by atoms with Gasteiger partial charge < -0.3 is 4.74 Å². The molecule has 0 fully saturated rings. The largest absolute Gasteiger partial charge is 0.461 e. The summed E-state index contributed by atoms with van der Waals surface area (Å²) in [6, 6.07) is 16.9. The van der Waals surface area contributed by atoms with Gasteiger partial charge in [0.25, 0.3) is 0 Å². The van der Waals surface area contributed by atoms with Crippen LogP contribution >= 0.6 is 11.8 Å². The van der Waals surface area contributed by atoms with E-state index in [1.165, 1.54) is 11.8 Å². The Hall–Kier alpha value is -2.34. The van der Waals surface area contributed by atoms with E-state index in [4.69, 9.17) is 4.74 Å². The summed E-state index contributed by atoms with van der Waals surface area (Å²) in [5, 5.41) is 10.9. The van der Waals surface area contributed by atoms with Crippen molar-refractivity contribution < 1.29 is 14.5 Å². The highest BCUT2D eigenvalue weighted by molar-refractivity contribution is 7.99. The fraction of sp³-hybridized carbons (Fsp3) is 0.235. The van der Waals surface area contributed by atoms with Crippen molar-refractivity contribution in [2.45, 2.75) is 23.1 Å². The van der Waals surface area contributed by atoms with Crippen molar-refractivity contribution in [1.29, 1.82) is 0 Å². The lowest BCUT2D eigenvalue weighted by atomic mass is 10.1. The van der Waals surface area contributed by atoms with Crippen LogP contribution in [0, 0.1) is 10.1 Å². The minimum absolute atomic E-state index is 0.112. The maximum atomic E-state index is 12.1. The molecule has 2 aromatic carbocycles. The Morgan fingerprint density at radius 2 is 1.70 bits per heavy atom. The second-order valence-corrected chi connectivity index (χ2v) is 5.96. The third kappa shape index (κ3) is 4.56. The van der Waals surface area contributed by atoms with Gasteiger partial charge >= 0.3 is 12.0 Å². The molecule has 0 saturated carbocycles. The van der Waals surface area contributed by atoms with Crippen LogP contribution < -0.4 is 0 Å². The molecule has 2 unspecified atom stereocenters. The fourth-order valence-electron chi connectivity index (χ4n) is 2.15. The molecule has 0 N–H and O–H groups in total. The highest BCUT2D eigenvalue weighted by Crippen LogP contribution is 2.39. The van der Waals surface area contributed by atoms with Gasteiger partial charge in [0.2, 0.25) is 0 Å². The maximum Gasteiger partial charge on any atom is 0.383 e. The van der Waals surface area contributed by atoms with Crippen LogP contribution in [0.5, 0.6) is 0 Å². The van der Waals surface area contributed by atoms with Crippen molar-refractivity contribution in [3.8, 4) is 0 Å². The third-order valence-electron chi connectivity index (χ3n) is 3.18. The van der Waals surface area contributed by atoms with Gasteiger partial charge in [0, 0.05) is 9.82 Å². The number of ether oxygens (including phenoxy) is 1. The summed E-state index contributed by atoms with van der Waals surface area (Å²) in [6.07, 6.45) is 0. The van der Waals surface area contributed by atoms with Crippen LogP contribution in [-0.4, -0.2) is 23.5 Å². The zero-order valence-electron chi connectivity index (χ0n) is 12.6. The molecule has 120 valence electrons. The van der Waals surface area contributed by atoms with E-state index in [0.29, 0.717) is 0 Å². The van der Waals surface area contributed by atoms with E-state index in [0.717, 1.165) is 10.5 Å². The Bertz CT molecular complexity index is 648. The number of hydrogen-bond acceptors (Lipinski definition) is 5. The van der Waals surface area contributed by atoms with Crippen molar-refractivity contribution >= 4 is 17.7 Å². The highest BCUT2D eigenvalue weighted by atomic mass is 32.2. The zero-order valence-corrected chi connectivity index (χ0v) is 13.4. The van der Waals surface area contributed by atoms with Crippen molar-refractivity contribution in [2.24, 2.45) is 0 Å². The first kappa shape index (κ1) is 17.0. The molecule has 5 nitrogen and oxygen atoms in total. The molecule has 0 aliphatic carbocycles. The lowest BCUT2D eigenvalue weighted by molar-refractivity contribution is -0.510. The van der Waals surface area contributed by atoms with E-state index in [1.54, 1.807) is 31.2 Å². The summed E-state index contributed by atoms with van der Waals surface area (Å²) in [5.41, 5.74) is 0.719. The zero-order chi connectivity index (χ0) is 16.7. The number of hydrogen-bond donors (Lipinski definition) is 0. The van der Waals surface area contributed by atoms with Crippen LogP contribution in [0.3, 0.4) is 0 Å². The number of rotatable bonds is 7. The van der Waals surface area contributed by atoms with Gasteiger partial charge in [-0.25, -0.2) is 4.79 Å². The maximum absolute atomic E-state index is 12.1. The summed E-state index contributed by atoms with van der Waals surface area (Å²) >= 11 is 1.29. The summed E-state index contributed by atoms with van der Waals surface area (Å²) in [7, 11) is 0. The molecule has 0 aliphatic rings. The van der Waals surface area contributed by atoms with E-state index in [9.17, 15) is 14.9 Å². The molecular weight excluding hydrogens is 314 g/mol. The van der Waals surface area contributed by atoms with Crippen molar-refractivity contribution in [1.82, 2.24) is 0 Å². The van der Waals surface area contributed by atoms with Gasteiger partial charge in [-0.1, -0.05) is 48.5 Å². The van der Waals surface area contributed by atoms with Crippen LogP contribution in [0.15, 0.2) is 65.6 Å². The molecule has 23 heavy (non-hydrogen) atoms. The minimum atomic E-state index is -1.46. The first-order valence-electron chi connectivity index (χ1n) is 7.20. The Kier molecular flexibility index (Phi) is 6.17. The number of thioether (sulfide) groups is 1. The molecule has 0 radical (unpaired) electrons. The van der Waals surface area contributed by atoms with Gasteiger partial charge in [-0.3, -0.25) is 10.1 Å². The average molecular weight is 331 g/mol. The van der Waals surface area contributed by atoms with Gasteiger partial charge in [-0.15, -0.1) is 11.8 Å². The second-order valence-electron chi connectivity index (χ2n) is 4.74. The topological polar surface area (TPSA) is 69.4 Å².